The lowest BCUT2D eigenvalue weighted by Crippen LogP contribution is -2.56. The monoisotopic (exact) mass is 596 g/mol. The van der Waals surface area contributed by atoms with Crippen LogP contribution in [0.25, 0.3) is 21.4 Å². The number of fused-ring (bicyclic) bond motifs is 8. The molecule has 1 aliphatic heterocycles. The third-order valence-electron chi connectivity index (χ3n) is 6.70. The van der Waals surface area contributed by atoms with E-state index in [1.54, 1.807) is 5.38 Å². The van der Waals surface area contributed by atoms with Crippen molar-refractivity contribution in [2.45, 2.75) is 44.8 Å². The highest BCUT2D eigenvalue weighted by atomic mass is 32.1. The fourth-order valence-corrected chi connectivity index (χ4v) is 6.74. The molecule has 0 fully saturated rings. The van der Waals surface area contributed by atoms with Gasteiger partial charge in [0, 0.05) is 22.6 Å². The molecule has 4 aromatic rings. The van der Waals surface area contributed by atoms with E-state index in [1.165, 1.54) is 34.0 Å². The first-order valence-corrected chi connectivity index (χ1v) is 15.4. The van der Waals surface area contributed by atoms with Crippen LogP contribution < -0.4 is 16.0 Å². The SMILES string of the molecule is CC[C@H](C)[C@@H]1NC(=O)[C@@H](Cc2ccccc2)NC(=O)c2csc(n2)-c2csc(n2)-c2csc(n2)[C@@H](CO)NC1=O. The highest BCUT2D eigenvalue weighted by Gasteiger charge is 2.32. The van der Waals surface area contributed by atoms with E-state index >= 15 is 0 Å². The third kappa shape index (κ3) is 6.12. The number of aliphatic hydroxyl groups is 1. The smallest absolute Gasteiger partial charge is 0.271 e. The molecule has 1 aliphatic rings. The summed E-state index contributed by atoms with van der Waals surface area (Å²) in [4.78, 5) is 54.1. The molecule has 4 heterocycles. The number of nitrogens with zero attached hydrogens (tertiary/aromatic N) is 3. The maximum Gasteiger partial charge on any atom is 0.271 e. The van der Waals surface area contributed by atoms with E-state index in [2.05, 4.69) is 30.9 Å². The van der Waals surface area contributed by atoms with Crippen LogP contribution in [0.15, 0.2) is 46.5 Å². The first-order chi connectivity index (χ1) is 19.4. The van der Waals surface area contributed by atoms with Crippen LogP contribution in [-0.4, -0.2) is 56.5 Å². The highest BCUT2D eigenvalue weighted by molar-refractivity contribution is 7.16. The molecule has 0 radical (unpaired) electrons. The largest absolute Gasteiger partial charge is 0.394 e. The molecule has 10 nitrogen and oxygen atoms in total. The third-order valence-corrected chi connectivity index (χ3v) is 9.38. The molecule has 0 unspecified atom stereocenters. The maximum absolute atomic E-state index is 13.6. The average Bonchev–Trinajstić information content (AvgIpc) is 3.74. The normalized spacial score (nSPS) is 20.6. The van der Waals surface area contributed by atoms with E-state index in [0.29, 0.717) is 32.8 Å². The van der Waals surface area contributed by atoms with Crippen molar-refractivity contribution in [2.75, 3.05) is 6.61 Å². The molecule has 3 amide bonds. The summed E-state index contributed by atoms with van der Waals surface area (Å²) >= 11 is 3.99. The molecule has 4 N–H and O–H groups in total. The number of hydrogen-bond donors (Lipinski definition) is 4. The first-order valence-electron chi connectivity index (χ1n) is 12.8. The number of thiazole rings is 3. The summed E-state index contributed by atoms with van der Waals surface area (Å²) in [7, 11) is 0. The Bertz CT molecular complexity index is 1500. The maximum atomic E-state index is 13.6. The second-order valence-electron chi connectivity index (χ2n) is 9.48. The quantitative estimate of drug-likeness (QED) is 0.276. The van der Waals surface area contributed by atoms with E-state index in [-0.39, 0.29) is 24.6 Å². The molecule has 1 aromatic carbocycles. The molecule has 3 aromatic heterocycles. The summed E-state index contributed by atoms with van der Waals surface area (Å²) in [6.45, 7) is 3.43. The van der Waals surface area contributed by atoms with Gasteiger partial charge in [-0.3, -0.25) is 14.4 Å². The van der Waals surface area contributed by atoms with Gasteiger partial charge >= 0.3 is 0 Å². The lowest BCUT2D eigenvalue weighted by molar-refractivity contribution is -0.131. The van der Waals surface area contributed by atoms with E-state index in [1.807, 2.05) is 54.9 Å². The lowest BCUT2D eigenvalue weighted by atomic mass is 9.96. The Morgan fingerprint density at radius 2 is 1.48 bits per heavy atom. The van der Waals surface area contributed by atoms with Gasteiger partial charge in [-0.2, -0.15) is 0 Å². The Morgan fingerprint density at radius 1 is 0.825 bits per heavy atom. The molecule has 0 saturated carbocycles. The Hall–Kier alpha value is -3.52. The van der Waals surface area contributed by atoms with Crippen LogP contribution in [0.2, 0.25) is 0 Å². The van der Waals surface area contributed by atoms with Crippen LogP contribution in [0.3, 0.4) is 0 Å². The minimum atomic E-state index is -0.959. The van der Waals surface area contributed by atoms with Gasteiger partial charge in [-0.05, 0) is 11.5 Å². The van der Waals surface area contributed by atoms with E-state index in [4.69, 9.17) is 0 Å². The highest BCUT2D eigenvalue weighted by Crippen LogP contribution is 2.32. The van der Waals surface area contributed by atoms with Crippen molar-refractivity contribution in [3.05, 3.63) is 62.7 Å². The molecule has 0 aliphatic carbocycles. The van der Waals surface area contributed by atoms with Gasteiger partial charge in [-0.15, -0.1) is 34.0 Å². The Balaban J connectivity index is 1.54. The fourth-order valence-electron chi connectivity index (χ4n) is 4.23. The van der Waals surface area contributed by atoms with Crippen LogP contribution in [-0.2, 0) is 16.0 Å². The van der Waals surface area contributed by atoms with E-state index in [9.17, 15) is 19.5 Å². The summed E-state index contributed by atoms with van der Waals surface area (Å²) in [5, 5.41) is 25.7. The Morgan fingerprint density at radius 3 is 2.17 bits per heavy atom. The molecule has 40 heavy (non-hydrogen) atoms. The summed E-state index contributed by atoms with van der Waals surface area (Å²) in [5.74, 6) is -1.65. The van der Waals surface area contributed by atoms with Crippen molar-refractivity contribution in [1.82, 2.24) is 30.9 Å². The molecule has 4 atom stereocenters. The Kier molecular flexibility index (Phi) is 8.64. The van der Waals surface area contributed by atoms with Gasteiger partial charge in [-0.1, -0.05) is 50.6 Å². The molecule has 0 spiro atoms. The summed E-state index contributed by atoms with van der Waals surface area (Å²) < 4.78 is 0. The molecule has 0 saturated heterocycles. The predicted octanol–water partition coefficient (Wildman–Crippen LogP) is 3.43. The molecule has 6 bridgehead atoms. The number of amides is 3. The number of aromatic nitrogens is 3. The number of benzene rings is 1. The number of aliphatic hydroxyl groups excluding tert-OH is 1. The minimum Gasteiger partial charge on any atom is -0.394 e. The van der Waals surface area contributed by atoms with E-state index < -0.39 is 35.8 Å². The minimum absolute atomic E-state index is 0.180. The van der Waals surface area contributed by atoms with Gasteiger partial charge < -0.3 is 21.1 Å². The number of rotatable bonds is 5. The van der Waals surface area contributed by atoms with Crippen LogP contribution in [0.1, 0.15) is 47.4 Å². The van der Waals surface area contributed by atoms with Crippen molar-refractivity contribution in [1.29, 1.82) is 0 Å². The zero-order valence-corrected chi connectivity index (χ0v) is 24.2. The van der Waals surface area contributed by atoms with Crippen LogP contribution in [0, 0.1) is 5.92 Å². The average molecular weight is 597 g/mol. The number of nitrogens with one attached hydrogen (secondary N) is 3. The van der Waals surface area contributed by atoms with E-state index in [0.717, 1.165) is 5.56 Å². The van der Waals surface area contributed by atoms with Crippen LogP contribution in [0.4, 0.5) is 0 Å². The van der Waals surface area contributed by atoms with Crippen LogP contribution in [0.5, 0.6) is 0 Å². The molecule has 5 rings (SSSR count). The number of carbonyl (C=O) groups is 3. The molecular weight excluding hydrogens is 569 g/mol. The second kappa shape index (κ2) is 12.3. The van der Waals surface area contributed by atoms with Crippen molar-refractivity contribution >= 4 is 51.7 Å². The summed E-state index contributed by atoms with van der Waals surface area (Å²) in [6.07, 6.45) is 0.841. The van der Waals surface area contributed by atoms with Gasteiger partial charge in [0.25, 0.3) is 5.91 Å². The van der Waals surface area contributed by atoms with Crippen molar-refractivity contribution < 1.29 is 19.5 Å². The Labute approximate surface area is 242 Å². The summed E-state index contributed by atoms with van der Waals surface area (Å²) in [5.41, 5.74) is 2.26. The van der Waals surface area contributed by atoms with Gasteiger partial charge in [0.1, 0.15) is 50.2 Å². The molecule has 13 heteroatoms. The molecular formula is C27H28N6O4S3. The van der Waals surface area contributed by atoms with Gasteiger partial charge in [-0.25, -0.2) is 15.0 Å². The standard InChI is InChI=1S/C27H28N6O4S3/c1-3-14(2)21-24(37)29-17(10-34)25-31-20(12-39-25)27-32-19(13-40-27)26-30-18(11-38-26)23(36)28-16(22(35)33-21)9-15-7-5-4-6-8-15/h4-8,11-14,16-17,21,34H,3,9-10H2,1-2H3,(H,28,36)(H,29,37)(H,33,35)/t14-,16+,17+,21-/m0/s1. The second-order valence-corrected chi connectivity index (χ2v) is 12.1. The van der Waals surface area contributed by atoms with Gasteiger partial charge in [0.05, 0.1) is 6.61 Å². The van der Waals surface area contributed by atoms with Crippen molar-refractivity contribution in [3.63, 3.8) is 0 Å². The predicted molar refractivity (Wildman–Crippen MR) is 155 cm³/mol. The fraction of sp³-hybridized carbons (Fsp3) is 0.333. The molecule has 208 valence electrons. The van der Waals surface area contributed by atoms with Crippen molar-refractivity contribution in [3.8, 4) is 21.4 Å². The van der Waals surface area contributed by atoms with Crippen LogP contribution >= 0.6 is 34.0 Å². The zero-order valence-electron chi connectivity index (χ0n) is 21.8. The topological polar surface area (TPSA) is 146 Å². The number of carbonyl (C=O) groups excluding carboxylic acids is 3. The first kappa shape index (κ1) is 28.0. The van der Waals surface area contributed by atoms with Crippen molar-refractivity contribution in [2.24, 2.45) is 5.92 Å². The lowest BCUT2D eigenvalue weighted by Gasteiger charge is -2.28. The zero-order chi connectivity index (χ0) is 28.2. The van der Waals surface area contributed by atoms with Gasteiger partial charge in [0.15, 0.2) is 0 Å². The summed E-state index contributed by atoms with van der Waals surface area (Å²) in [6, 6.07) is 6.73. The number of hydrogen-bond acceptors (Lipinski definition) is 10. The van der Waals surface area contributed by atoms with Gasteiger partial charge in [0.2, 0.25) is 11.8 Å².